The molecule has 82 valence electrons. The van der Waals surface area contributed by atoms with Crippen LogP contribution in [0.2, 0.25) is 0 Å². The number of carbonyl (C=O) groups is 1. The number of amides is 1. The summed E-state index contributed by atoms with van der Waals surface area (Å²) >= 11 is 0. The van der Waals surface area contributed by atoms with Crippen molar-refractivity contribution < 1.29 is 4.79 Å². The smallest absolute Gasteiger partial charge is 0.234 e. The highest BCUT2D eigenvalue weighted by Gasteiger charge is 2.17. The van der Waals surface area contributed by atoms with Crippen molar-refractivity contribution in [2.24, 2.45) is 0 Å². The lowest BCUT2D eigenvalue weighted by atomic mass is 9.93. The lowest BCUT2D eigenvalue weighted by Crippen LogP contribution is -2.44. The van der Waals surface area contributed by atoms with E-state index in [-0.39, 0.29) is 5.91 Å². The third-order valence-electron chi connectivity index (χ3n) is 2.79. The molecule has 0 aromatic heterocycles. The van der Waals surface area contributed by atoms with E-state index in [1.165, 1.54) is 19.3 Å². The average Bonchev–Trinajstić information content (AvgIpc) is 2.01. The lowest BCUT2D eigenvalue weighted by Gasteiger charge is -2.26. The molecule has 1 amide bonds. The Balaban J connectivity index is 2.02. The van der Waals surface area contributed by atoms with E-state index in [1.807, 2.05) is 0 Å². The molecule has 0 aromatic rings. The molecular weight excluding hydrogens is 176 g/mol. The summed E-state index contributed by atoms with van der Waals surface area (Å²) in [7, 11) is 0. The molecule has 3 nitrogen and oxygen atoms in total. The maximum absolute atomic E-state index is 11.4. The third-order valence-corrected chi connectivity index (χ3v) is 2.79. The van der Waals surface area contributed by atoms with Gasteiger partial charge < -0.3 is 10.6 Å². The second-order valence-corrected chi connectivity index (χ2v) is 4.27. The Morgan fingerprint density at radius 1 is 1.50 bits per heavy atom. The molecule has 1 atom stereocenters. The summed E-state index contributed by atoms with van der Waals surface area (Å²) in [4.78, 5) is 11.4. The van der Waals surface area contributed by atoms with Crippen LogP contribution >= 0.6 is 0 Å². The topological polar surface area (TPSA) is 41.1 Å². The van der Waals surface area contributed by atoms with Gasteiger partial charge in [-0.25, -0.2) is 0 Å². The van der Waals surface area contributed by atoms with Crippen molar-refractivity contribution in [3.05, 3.63) is 0 Å². The van der Waals surface area contributed by atoms with Crippen LogP contribution in [0.15, 0.2) is 0 Å². The molecule has 0 heterocycles. The molecule has 1 unspecified atom stereocenters. The van der Waals surface area contributed by atoms with E-state index in [2.05, 4.69) is 24.5 Å². The summed E-state index contributed by atoms with van der Waals surface area (Å²) in [5.41, 5.74) is 0. The predicted molar refractivity (Wildman–Crippen MR) is 58.2 cm³/mol. The Hall–Kier alpha value is -0.570. The maximum Gasteiger partial charge on any atom is 0.234 e. The molecule has 0 aliphatic heterocycles. The van der Waals surface area contributed by atoms with E-state index in [4.69, 9.17) is 0 Å². The van der Waals surface area contributed by atoms with Gasteiger partial charge in [-0.05, 0) is 26.2 Å². The number of hydrogen-bond donors (Lipinski definition) is 2. The van der Waals surface area contributed by atoms with Gasteiger partial charge in [-0.2, -0.15) is 0 Å². The van der Waals surface area contributed by atoms with Gasteiger partial charge >= 0.3 is 0 Å². The van der Waals surface area contributed by atoms with Crippen LogP contribution in [0.3, 0.4) is 0 Å². The first-order valence-electron chi connectivity index (χ1n) is 5.75. The largest absolute Gasteiger partial charge is 0.353 e. The summed E-state index contributed by atoms with van der Waals surface area (Å²) in [6.45, 7) is 4.68. The monoisotopic (exact) mass is 198 g/mol. The van der Waals surface area contributed by atoms with Crippen molar-refractivity contribution in [1.82, 2.24) is 10.6 Å². The quantitative estimate of drug-likeness (QED) is 0.678. The first-order chi connectivity index (χ1) is 6.72. The number of nitrogens with one attached hydrogen (secondary N) is 2. The molecule has 1 aliphatic carbocycles. The molecule has 0 spiro atoms. The molecule has 1 fully saturated rings. The Kier molecular flexibility index (Phi) is 4.94. The van der Waals surface area contributed by atoms with Crippen molar-refractivity contribution >= 4 is 5.91 Å². The molecule has 2 N–H and O–H groups in total. The zero-order valence-corrected chi connectivity index (χ0v) is 9.31. The van der Waals surface area contributed by atoms with Crippen LogP contribution in [0.1, 0.15) is 46.0 Å². The zero-order valence-electron chi connectivity index (χ0n) is 9.31. The molecule has 1 rings (SSSR count). The Bertz CT molecular complexity index is 178. The third kappa shape index (κ3) is 4.09. The first kappa shape index (κ1) is 11.5. The summed E-state index contributed by atoms with van der Waals surface area (Å²) in [5, 5.41) is 6.24. The minimum Gasteiger partial charge on any atom is -0.353 e. The van der Waals surface area contributed by atoms with Gasteiger partial charge in [0.15, 0.2) is 0 Å². The molecule has 0 bridgehead atoms. The standard InChI is InChI=1S/C11H22N2O/c1-3-5-9(2)13-11(14)8-12-10-6-4-7-10/h9-10,12H,3-8H2,1-2H3,(H,13,14). The van der Waals surface area contributed by atoms with Crippen LogP contribution < -0.4 is 10.6 Å². The predicted octanol–water partition coefficient (Wildman–Crippen LogP) is 1.43. The van der Waals surface area contributed by atoms with Gasteiger partial charge in [0, 0.05) is 12.1 Å². The molecule has 1 aliphatic rings. The number of hydrogen-bond acceptors (Lipinski definition) is 2. The van der Waals surface area contributed by atoms with E-state index >= 15 is 0 Å². The second kappa shape index (κ2) is 6.02. The Morgan fingerprint density at radius 2 is 2.21 bits per heavy atom. The summed E-state index contributed by atoms with van der Waals surface area (Å²) < 4.78 is 0. The molecule has 0 aromatic carbocycles. The fourth-order valence-electron chi connectivity index (χ4n) is 1.68. The molecule has 0 radical (unpaired) electrons. The van der Waals surface area contributed by atoms with Gasteiger partial charge in [0.1, 0.15) is 0 Å². The van der Waals surface area contributed by atoms with Crippen LogP contribution in [0.25, 0.3) is 0 Å². The van der Waals surface area contributed by atoms with E-state index in [0.29, 0.717) is 18.6 Å². The lowest BCUT2D eigenvalue weighted by molar-refractivity contribution is -0.121. The normalized spacial score (nSPS) is 18.7. The number of rotatable bonds is 6. The average molecular weight is 198 g/mol. The van der Waals surface area contributed by atoms with Crippen LogP contribution in [0, 0.1) is 0 Å². The second-order valence-electron chi connectivity index (χ2n) is 4.27. The van der Waals surface area contributed by atoms with E-state index in [0.717, 1.165) is 12.8 Å². The highest BCUT2D eigenvalue weighted by Crippen LogP contribution is 2.17. The van der Waals surface area contributed by atoms with E-state index in [1.54, 1.807) is 0 Å². The fraction of sp³-hybridized carbons (Fsp3) is 0.909. The zero-order chi connectivity index (χ0) is 10.4. The van der Waals surface area contributed by atoms with Crippen LogP contribution in [0.5, 0.6) is 0 Å². The highest BCUT2D eigenvalue weighted by atomic mass is 16.1. The minimum atomic E-state index is 0.137. The molecule has 3 heteroatoms. The first-order valence-corrected chi connectivity index (χ1v) is 5.75. The van der Waals surface area contributed by atoms with Gasteiger partial charge in [0.25, 0.3) is 0 Å². The van der Waals surface area contributed by atoms with Crippen molar-refractivity contribution in [1.29, 1.82) is 0 Å². The van der Waals surface area contributed by atoms with Crippen molar-refractivity contribution in [2.75, 3.05) is 6.54 Å². The van der Waals surface area contributed by atoms with Crippen molar-refractivity contribution in [3.8, 4) is 0 Å². The van der Waals surface area contributed by atoms with Crippen LogP contribution in [-0.2, 0) is 4.79 Å². The molecule has 0 saturated heterocycles. The summed E-state index contributed by atoms with van der Waals surface area (Å²) in [6.07, 6.45) is 5.97. The Labute approximate surface area is 86.6 Å². The fourth-order valence-corrected chi connectivity index (χ4v) is 1.68. The van der Waals surface area contributed by atoms with E-state index in [9.17, 15) is 4.79 Å². The van der Waals surface area contributed by atoms with Crippen LogP contribution in [-0.4, -0.2) is 24.5 Å². The van der Waals surface area contributed by atoms with Gasteiger partial charge in [-0.1, -0.05) is 19.8 Å². The molecule has 1 saturated carbocycles. The minimum absolute atomic E-state index is 0.137. The highest BCUT2D eigenvalue weighted by molar-refractivity contribution is 5.78. The van der Waals surface area contributed by atoms with Gasteiger partial charge in [0.2, 0.25) is 5.91 Å². The van der Waals surface area contributed by atoms with Gasteiger partial charge in [0.05, 0.1) is 6.54 Å². The summed E-state index contributed by atoms with van der Waals surface area (Å²) in [6, 6.07) is 0.915. The molecule has 14 heavy (non-hydrogen) atoms. The van der Waals surface area contributed by atoms with E-state index < -0.39 is 0 Å². The SMILES string of the molecule is CCCC(C)NC(=O)CNC1CCC1. The Morgan fingerprint density at radius 3 is 2.71 bits per heavy atom. The molecular formula is C11H22N2O. The van der Waals surface area contributed by atoms with Crippen molar-refractivity contribution in [2.45, 2.75) is 58.0 Å². The van der Waals surface area contributed by atoms with Crippen molar-refractivity contribution in [3.63, 3.8) is 0 Å². The maximum atomic E-state index is 11.4. The van der Waals surface area contributed by atoms with Gasteiger partial charge in [-0.15, -0.1) is 0 Å². The van der Waals surface area contributed by atoms with Gasteiger partial charge in [-0.3, -0.25) is 4.79 Å². The summed E-state index contributed by atoms with van der Waals surface area (Å²) in [5.74, 6) is 0.137. The van der Waals surface area contributed by atoms with Crippen LogP contribution in [0.4, 0.5) is 0 Å². The number of carbonyl (C=O) groups excluding carboxylic acids is 1.